The lowest BCUT2D eigenvalue weighted by atomic mass is 10.1. The van der Waals surface area contributed by atoms with Crippen LogP contribution in [0.5, 0.6) is 11.5 Å². The van der Waals surface area contributed by atoms with E-state index < -0.39 is 0 Å². The van der Waals surface area contributed by atoms with Crippen molar-refractivity contribution in [1.29, 1.82) is 0 Å². The molecule has 0 amide bonds. The molecule has 0 spiro atoms. The number of aryl methyl sites for hydroxylation is 1. The SMILES string of the molecule is COc1cc(CNc2ccc(F)cc2C)cc(Br)c1O. The monoisotopic (exact) mass is 339 g/mol. The van der Waals surface area contributed by atoms with Crippen molar-refractivity contribution < 1.29 is 14.2 Å². The van der Waals surface area contributed by atoms with Crippen LogP contribution in [0, 0.1) is 12.7 Å². The predicted molar refractivity (Wildman–Crippen MR) is 80.8 cm³/mol. The molecule has 20 heavy (non-hydrogen) atoms. The minimum atomic E-state index is -0.248. The lowest BCUT2D eigenvalue weighted by Gasteiger charge is -2.12. The van der Waals surface area contributed by atoms with Gasteiger partial charge in [-0.05, 0) is 64.3 Å². The molecule has 2 rings (SSSR count). The van der Waals surface area contributed by atoms with E-state index in [0.29, 0.717) is 16.8 Å². The Balaban J connectivity index is 2.16. The Morgan fingerprint density at radius 2 is 2.05 bits per heavy atom. The van der Waals surface area contributed by atoms with Gasteiger partial charge in [0.25, 0.3) is 0 Å². The Bertz CT molecular complexity index is 632. The average molecular weight is 340 g/mol. The fraction of sp³-hybridized carbons (Fsp3) is 0.200. The number of anilines is 1. The van der Waals surface area contributed by atoms with Crippen molar-refractivity contribution in [1.82, 2.24) is 0 Å². The zero-order chi connectivity index (χ0) is 14.7. The molecule has 0 radical (unpaired) electrons. The summed E-state index contributed by atoms with van der Waals surface area (Å²) in [5, 5.41) is 13.0. The maximum Gasteiger partial charge on any atom is 0.172 e. The number of halogens is 2. The highest BCUT2D eigenvalue weighted by atomic mass is 79.9. The number of aromatic hydroxyl groups is 1. The Kier molecular flexibility index (Phi) is 4.49. The Morgan fingerprint density at radius 1 is 1.30 bits per heavy atom. The molecule has 106 valence electrons. The molecule has 0 atom stereocenters. The maximum atomic E-state index is 13.0. The molecule has 0 heterocycles. The van der Waals surface area contributed by atoms with E-state index in [1.54, 1.807) is 12.1 Å². The van der Waals surface area contributed by atoms with E-state index in [-0.39, 0.29) is 11.6 Å². The van der Waals surface area contributed by atoms with Crippen molar-refractivity contribution in [2.75, 3.05) is 12.4 Å². The summed E-state index contributed by atoms with van der Waals surface area (Å²) in [5.41, 5.74) is 2.65. The molecule has 0 aliphatic rings. The standard InChI is InChI=1S/C15H15BrFNO2/c1-9-5-11(17)3-4-13(9)18-8-10-6-12(16)15(19)14(7-10)20-2/h3-7,18-19H,8H2,1-2H3. The van der Waals surface area contributed by atoms with Gasteiger partial charge in [-0.15, -0.1) is 0 Å². The highest BCUT2D eigenvalue weighted by molar-refractivity contribution is 9.10. The first-order valence-electron chi connectivity index (χ1n) is 6.06. The van der Waals surface area contributed by atoms with Crippen LogP contribution in [0.15, 0.2) is 34.8 Å². The van der Waals surface area contributed by atoms with Crippen LogP contribution in [0.4, 0.5) is 10.1 Å². The van der Waals surface area contributed by atoms with E-state index in [2.05, 4.69) is 21.2 Å². The molecule has 0 aliphatic carbocycles. The van der Waals surface area contributed by atoms with Gasteiger partial charge in [0, 0.05) is 12.2 Å². The fourth-order valence-electron chi connectivity index (χ4n) is 1.91. The second kappa shape index (κ2) is 6.13. The number of hydrogen-bond acceptors (Lipinski definition) is 3. The number of nitrogens with one attached hydrogen (secondary N) is 1. The second-order valence-corrected chi connectivity index (χ2v) is 5.30. The third-order valence-electron chi connectivity index (χ3n) is 2.98. The van der Waals surface area contributed by atoms with Gasteiger partial charge in [-0.2, -0.15) is 0 Å². The molecule has 5 heteroatoms. The van der Waals surface area contributed by atoms with Crippen LogP contribution in [0.1, 0.15) is 11.1 Å². The fourth-order valence-corrected chi connectivity index (χ4v) is 2.40. The zero-order valence-electron chi connectivity index (χ0n) is 11.2. The molecular weight excluding hydrogens is 325 g/mol. The summed E-state index contributed by atoms with van der Waals surface area (Å²) in [5.74, 6) is 0.239. The van der Waals surface area contributed by atoms with Crippen molar-refractivity contribution in [2.24, 2.45) is 0 Å². The van der Waals surface area contributed by atoms with E-state index in [0.717, 1.165) is 16.8 Å². The van der Waals surface area contributed by atoms with Gasteiger partial charge in [0.2, 0.25) is 0 Å². The zero-order valence-corrected chi connectivity index (χ0v) is 12.8. The molecule has 0 unspecified atom stereocenters. The maximum absolute atomic E-state index is 13.0. The van der Waals surface area contributed by atoms with Crippen molar-refractivity contribution >= 4 is 21.6 Å². The van der Waals surface area contributed by atoms with Gasteiger partial charge >= 0.3 is 0 Å². The smallest absolute Gasteiger partial charge is 0.172 e. The number of rotatable bonds is 4. The Hall–Kier alpha value is -1.75. The second-order valence-electron chi connectivity index (χ2n) is 4.44. The van der Waals surface area contributed by atoms with Gasteiger partial charge in [-0.25, -0.2) is 4.39 Å². The molecule has 2 N–H and O–H groups in total. The molecule has 0 bridgehead atoms. The lowest BCUT2D eigenvalue weighted by molar-refractivity contribution is 0.371. The third-order valence-corrected chi connectivity index (χ3v) is 3.58. The number of benzene rings is 2. The molecule has 0 aromatic heterocycles. The largest absolute Gasteiger partial charge is 0.503 e. The first-order valence-corrected chi connectivity index (χ1v) is 6.86. The van der Waals surface area contributed by atoms with Crippen molar-refractivity contribution in [3.8, 4) is 11.5 Å². The van der Waals surface area contributed by atoms with E-state index in [1.165, 1.54) is 19.2 Å². The summed E-state index contributed by atoms with van der Waals surface area (Å²) in [4.78, 5) is 0. The van der Waals surface area contributed by atoms with Crippen LogP contribution in [0.3, 0.4) is 0 Å². The summed E-state index contributed by atoms with van der Waals surface area (Å²) < 4.78 is 18.7. The topological polar surface area (TPSA) is 41.5 Å². The van der Waals surface area contributed by atoms with E-state index >= 15 is 0 Å². The highest BCUT2D eigenvalue weighted by Crippen LogP contribution is 2.35. The molecule has 2 aromatic rings. The molecule has 0 aliphatic heterocycles. The first-order chi connectivity index (χ1) is 9.51. The van der Waals surface area contributed by atoms with Crippen LogP contribution >= 0.6 is 15.9 Å². The van der Waals surface area contributed by atoms with E-state index in [4.69, 9.17) is 4.74 Å². The third kappa shape index (κ3) is 3.22. The molecular formula is C15H15BrFNO2. The summed E-state index contributed by atoms with van der Waals surface area (Å²) in [7, 11) is 1.50. The van der Waals surface area contributed by atoms with Gasteiger partial charge in [0.05, 0.1) is 11.6 Å². The Morgan fingerprint density at radius 3 is 2.70 bits per heavy atom. The number of phenols is 1. The first kappa shape index (κ1) is 14.7. The van der Waals surface area contributed by atoms with Crippen LogP contribution < -0.4 is 10.1 Å². The van der Waals surface area contributed by atoms with Crippen LogP contribution in [-0.2, 0) is 6.54 Å². The van der Waals surface area contributed by atoms with Crippen molar-refractivity contribution in [3.05, 3.63) is 51.7 Å². The molecule has 0 saturated heterocycles. The van der Waals surface area contributed by atoms with E-state index in [9.17, 15) is 9.50 Å². The molecule has 0 saturated carbocycles. The van der Waals surface area contributed by atoms with Crippen LogP contribution in [0.2, 0.25) is 0 Å². The van der Waals surface area contributed by atoms with Crippen molar-refractivity contribution in [3.63, 3.8) is 0 Å². The van der Waals surface area contributed by atoms with E-state index in [1.807, 2.05) is 13.0 Å². The summed E-state index contributed by atoms with van der Waals surface area (Å²) in [6.45, 7) is 2.39. The highest BCUT2D eigenvalue weighted by Gasteiger charge is 2.09. The average Bonchev–Trinajstić information content (AvgIpc) is 2.41. The summed E-state index contributed by atoms with van der Waals surface area (Å²) in [6, 6.07) is 8.17. The van der Waals surface area contributed by atoms with Gasteiger partial charge in [0.1, 0.15) is 5.82 Å². The van der Waals surface area contributed by atoms with Crippen LogP contribution in [-0.4, -0.2) is 12.2 Å². The van der Waals surface area contributed by atoms with Gasteiger partial charge < -0.3 is 15.2 Å². The number of phenolic OH excluding ortho intramolecular Hbond substituents is 1. The minimum Gasteiger partial charge on any atom is -0.503 e. The number of hydrogen-bond donors (Lipinski definition) is 2. The quantitative estimate of drug-likeness (QED) is 0.876. The predicted octanol–water partition coefficient (Wildman–Crippen LogP) is 4.22. The summed E-state index contributed by atoms with van der Waals surface area (Å²) in [6.07, 6.45) is 0. The van der Waals surface area contributed by atoms with Crippen molar-refractivity contribution in [2.45, 2.75) is 13.5 Å². The van der Waals surface area contributed by atoms with Crippen LogP contribution in [0.25, 0.3) is 0 Å². The Labute approximate surface area is 125 Å². The summed E-state index contributed by atoms with van der Waals surface area (Å²) >= 11 is 3.28. The van der Waals surface area contributed by atoms with Gasteiger partial charge in [-0.3, -0.25) is 0 Å². The number of methoxy groups -OCH3 is 1. The number of ether oxygens (including phenoxy) is 1. The lowest BCUT2D eigenvalue weighted by Crippen LogP contribution is -2.02. The molecule has 2 aromatic carbocycles. The molecule has 0 fully saturated rings. The molecule has 3 nitrogen and oxygen atoms in total. The van der Waals surface area contributed by atoms with Gasteiger partial charge in [0.15, 0.2) is 11.5 Å². The van der Waals surface area contributed by atoms with Gasteiger partial charge in [-0.1, -0.05) is 0 Å². The normalized spacial score (nSPS) is 10.4. The minimum absolute atomic E-state index is 0.0780.